The van der Waals surface area contributed by atoms with E-state index >= 15 is 0 Å². The Kier molecular flexibility index (Phi) is 5.66. The van der Waals surface area contributed by atoms with Gasteiger partial charge in [0.05, 0.1) is 0 Å². The first-order valence-electron chi connectivity index (χ1n) is 6.35. The van der Waals surface area contributed by atoms with E-state index in [0.717, 1.165) is 29.5 Å². The Bertz CT molecular complexity index is 458. The van der Waals surface area contributed by atoms with Crippen LogP contribution >= 0.6 is 15.9 Å². The zero-order valence-electron chi connectivity index (χ0n) is 11.7. The van der Waals surface area contributed by atoms with Crippen molar-refractivity contribution in [3.8, 4) is 0 Å². The normalized spacial score (nSPS) is 12.5. The SMILES string of the molecule is Cc1c(Br)cccc1NCCCC(C)(C)/C(N)=N/O. The van der Waals surface area contributed by atoms with Crippen molar-refractivity contribution in [2.24, 2.45) is 16.3 Å². The number of oxime groups is 1. The predicted octanol–water partition coefficient (Wildman–Crippen LogP) is 3.72. The van der Waals surface area contributed by atoms with Crippen molar-refractivity contribution in [3.63, 3.8) is 0 Å². The van der Waals surface area contributed by atoms with Crippen LogP contribution in [0.15, 0.2) is 27.8 Å². The lowest BCUT2D eigenvalue weighted by molar-refractivity contribution is 0.305. The lowest BCUT2D eigenvalue weighted by Crippen LogP contribution is -2.32. The summed E-state index contributed by atoms with van der Waals surface area (Å²) in [6, 6.07) is 6.11. The molecule has 0 heterocycles. The fraction of sp³-hybridized carbons (Fsp3) is 0.500. The van der Waals surface area contributed by atoms with Crippen LogP contribution in [-0.2, 0) is 0 Å². The van der Waals surface area contributed by atoms with E-state index in [2.05, 4.69) is 39.4 Å². The predicted molar refractivity (Wildman–Crippen MR) is 83.8 cm³/mol. The maximum absolute atomic E-state index is 8.71. The molecule has 1 rings (SSSR count). The third-order valence-electron chi connectivity index (χ3n) is 3.36. The van der Waals surface area contributed by atoms with E-state index < -0.39 is 0 Å². The summed E-state index contributed by atoms with van der Waals surface area (Å²) in [4.78, 5) is 0. The van der Waals surface area contributed by atoms with Crippen LogP contribution in [0.25, 0.3) is 0 Å². The Balaban J connectivity index is 2.46. The second kappa shape index (κ2) is 6.80. The smallest absolute Gasteiger partial charge is 0.144 e. The second-order valence-electron chi connectivity index (χ2n) is 5.31. The van der Waals surface area contributed by atoms with Crippen LogP contribution in [0.1, 0.15) is 32.3 Å². The number of nitrogens with two attached hydrogens (primary N) is 1. The standard InChI is InChI=1S/C14H22BrN3O/c1-10-11(15)6-4-7-12(10)17-9-5-8-14(2,3)13(16)18-19/h4,6-7,17,19H,5,8-9H2,1-3H3,(H2,16,18). The van der Waals surface area contributed by atoms with E-state index in [-0.39, 0.29) is 11.3 Å². The van der Waals surface area contributed by atoms with E-state index in [1.54, 1.807) is 0 Å². The van der Waals surface area contributed by atoms with Crippen LogP contribution < -0.4 is 11.1 Å². The number of nitrogens with zero attached hydrogens (tertiary/aromatic N) is 1. The number of nitrogens with one attached hydrogen (secondary N) is 1. The molecule has 0 aromatic heterocycles. The molecular weight excluding hydrogens is 306 g/mol. The van der Waals surface area contributed by atoms with Crippen LogP contribution in [-0.4, -0.2) is 17.6 Å². The van der Waals surface area contributed by atoms with Gasteiger partial charge in [0.25, 0.3) is 0 Å². The molecule has 0 unspecified atom stereocenters. The average Bonchev–Trinajstić information content (AvgIpc) is 2.38. The lowest BCUT2D eigenvalue weighted by atomic mass is 9.86. The summed E-state index contributed by atoms with van der Waals surface area (Å²) in [5.41, 5.74) is 7.73. The molecule has 4 nitrogen and oxygen atoms in total. The fourth-order valence-corrected chi connectivity index (χ4v) is 2.18. The van der Waals surface area contributed by atoms with Crippen molar-refractivity contribution in [2.75, 3.05) is 11.9 Å². The number of hydrogen-bond acceptors (Lipinski definition) is 3. The van der Waals surface area contributed by atoms with Gasteiger partial charge in [-0.3, -0.25) is 0 Å². The molecule has 19 heavy (non-hydrogen) atoms. The van der Waals surface area contributed by atoms with Crippen molar-refractivity contribution in [3.05, 3.63) is 28.2 Å². The molecule has 4 N–H and O–H groups in total. The van der Waals surface area contributed by atoms with Gasteiger partial charge in [-0.2, -0.15) is 0 Å². The first-order chi connectivity index (χ1) is 8.88. The number of rotatable bonds is 6. The summed E-state index contributed by atoms with van der Waals surface area (Å²) >= 11 is 3.52. The van der Waals surface area contributed by atoms with Crippen molar-refractivity contribution in [2.45, 2.75) is 33.6 Å². The number of anilines is 1. The molecule has 106 valence electrons. The Morgan fingerprint density at radius 2 is 2.16 bits per heavy atom. The van der Waals surface area contributed by atoms with Crippen LogP contribution in [0.2, 0.25) is 0 Å². The zero-order chi connectivity index (χ0) is 14.5. The van der Waals surface area contributed by atoms with Gasteiger partial charge in [-0.1, -0.05) is 41.0 Å². The van der Waals surface area contributed by atoms with Crippen LogP contribution in [0.4, 0.5) is 5.69 Å². The molecule has 0 aliphatic rings. The highest BCUT2D eigenvalue weighted by atomic mass is 79.9. The van der Waals surface area contributed by atoms with Crippen molar-refractivity contribution in [1.29, 1.82) is 0 Å². The summed E-state index contributed by atoms with van der Waals surface area (Å²) in [5, 5.41) is 15.2. The minimum Gasteiger partial charge on any atom is -0.409 e. The Morgan fingerprint density at radius 1 is 1.47 bits per heavy atom. The molecule has 0 radical (unpaired) electrons. The number of benzene rings is 1. The number of amidine groups is 1. The molecule has 0 amide bonds. The molecule has 0 saturated carbocycles. The van der Waals surface area contributed by atoms with E-state index in [9.17, 15) is 0 Å². The molecule has 0 aliphatic carbocycles. The monoisotopic (exact) mass is 327 g/mol. The first kappa shape index (κ1) is 15.8. The molecule has 0 atom stereocenters. The highest BCUT2D eigenvalue weighted by Gasteiger charge is 2.22. The number of halogens is 1. The van der Waals surface area contributed by atoms with Gasteiger partial charge in [-0.05, 0) is 37.5 Å². The molecule has 0 spiro atoms. The van der Waals surface area contributed by atoms with E-state index in [1.165, 1.54) is 5.56 Å². The van der Waals surface area contributed by atoms with Gasteiger partial charge in [-0.25, -0.2) is 0 Å². The van der Waals surface area contributed by atoms with Gasteiger partial charge < -0.3 is 16.3 Å². The molecule has 0 bridgehead atoms. The summed E-state index contributed by atoms with van der Waals surface area (Å²) < 4.78 is 1.11. The first-order valence-corrected chi connectivity index (χ1v) is 7.15. The quantitative estimate of drug-likeness (QED) is 0.245. The highest BCUT2D eigenvalue weighted by molar-refractivity contribution is 9.10. The van der Waals surface area contributed by atoms with Gasteiger partial charge in [0.15, 0.2) is 0 Å². The van der Waals surface area contributed by atoms with Gasteiger partial charge in [-0.15, -0.1) is 0 Å². The second-order valence-corrected chi connectivity index (χ2v) is 6.17. The van der Waals surface area contributed by atoms with Crippen molar-refractivity contribution in [1.82, 2.24) is 0 Å². The molecular formula is C14H22BrN3O. The molecule has 5 heteroatoms. The molecule has 0 saturated heterocycles. The van der Waals surface area contributed by atoms with E-state index in [4.69, 9.17) is 10.9 Å². The zero-order valence-corrected chi connectivity index (χ0v) is 13.3. The Labute approximate surface area is 123 Å². The fourth-order valence-electron chi connectivity index (χ4n) is 1.82. The van der Waals surface area contributed by atoms with Crippen LogP contribution in [0.5, 0.6) is 0 Å². The van der Waals surface area contributed by atoms with Crippen molar-refractivity contribution < 1.29 is 5.21 Å². The van der Waals surface area contributed by atoms with Gasteiger partial charge >= 0.3 is 0 Å². The Morgan fingerprint density at radius 3 is 2.79 bits per heavy atom. The Hall–Kier alpha value is -1.23. The third-order valence-corrected chi connectivity index (χ3v) is 4.22. The van der Waals surface area contributed by atoms with Gasteiger partial charge in [0.1, 0.15) is 5.84 Å². The third kappa shape index (κ3) is 4.42. The molecule has 1 aromatic rings. The molecule has 0 aliphatic heterocycles. The topological polar surface area (TPSA) is 70.6 Å². The molecule has 1 aromatic carbocycles. The number of hydrogen-bond donors (Lipinski definition) is 3. The lowest BCUT2D eigenvalue weighted by Gasteiger charge is -2.22. The summed E-state index contributed by atoms with van der Waals surface area (Å²) in [6.07, 6.45) is 1.82. The summed E-state index contributed by atoms with van der Waals surface area (Å²) in [5.74, 6) is 0.283. The largest absolute Gasteiger partial charge is 0.409 e. The van der Waals surface area contributed by atoms with E-state index in [1.807, 2.05) is 26.0 Å². The molecule has 0 fully saturated rings. The maximum Gasteiger partial charge on any atom is 0.144 e. The highest BCUT2D eigenvalue weighted by Crippen LogP contribution is 2.25. The minimum absolute atomic E-state index is 0.275. The summed E-state index contributed by atoms with van der Waals surface area (Å²) in [6.45, 7) is 6.89. The van der Waals surface area contributed by atoms with Crippen molar-refractivity contribution >= 4 is 27.5 Å². The minimum atomic E-state index is -0.275. The van der Waals surface area contributed by atoms with Gasteiger partial charge in [0.2, 0.25) is 0 Å². The van der Waals surface area contributed by atoms with Crippen LogP contribution in [0, 0.1) is 12.3 Å². The van der Waals surface area contributed by atoms with E-state index in [0.29, 0.717) is 0 Å². The summed E-state index contributed by atoms with van der Waals surface area (Å²) in [7, 11) is 0. The average molecular weight is 328 g/mol. The van der Waals surface area contributed by atoms with Gasteiger partial charge in [0, 0.05) is 22.1 Å². The van der Waals surface area contributed by atoms with Crippen LogP contribution in [0.3, 0.4) is 0 Å². The maximum atomic E-state index is 8.71.